The van der Waals surface area contributed by atoms with Crippen molar-refractivity contribution in [2.24, 2.45) is 7.05 Å². The number of hydrogen-bond donors (Lipinski definition) is 2. The van der Waals surface area contributed by atoms with Crippen LogP contribution in [0.3, 0.4) is 0 Å². The Balaban J connectivity index is 1.97. The van der Waals surface area contributed by atoms with Gasteiger partial charge in [-0.15, -0.1) is 0 Å². The highest BCUT2D eigenvalue weighted by Gasteiger charge is 2.17. The Morgan fingerprint density at radius 1 is 1.25 bits per heavy atom. The van der Waals surface area contributed by atoms with E-state index in [1.54, 1.807) is 6.92 Å². The Bertz CT molecular complexity index is 583. The zero-order chi connectivity index (χ0) is 14.7. The first-order valence-electron chi connectivity index (χ1n) is 6.44. The van der Waals surface area contributed by atoms with Crippen LogP contribution in [0.25, 0.3) is 0 Å². The van der Waals surface area contributed by atoms with Gasteiger partial charge in [0, 0.05) is 32.0 Å². The zero-order valence-corrected chi connectivity index (χ0v) is 11.5. The number of benzene rings is 1. The summed E-state index contributed by atoms with van der Waals surface area (Å²) in [5, 5.41) is 13.3. The third-order valence-electron chi connectivity index (χ3n) is 3.28. The number of rotatable bonds is 5. The largest absolute Gasteiger partial charge is 0.387 e. The number of aromatic nitrogens is 1. The second-order valence-corrected chi connectivity index (χ2v) is 4.97. The Labute approximate surface area is 116 Å². The maximum Gasteiger partial charge on any atom is 0.159 e. The van der Waals surface area contributed by atoms with Crippen molar-refractivity contribution in [2.75, 3.05) is 0 Å². The lowest BCUT2D eigenvalue weighted by Crippen LogP contribution is -2.31. The van der Waals surface area contributed by atoms with E-state index in [2.05, 4.69) is 5.32 Å². The summed E-state index contributed by atoms with van der Waals surface area (Å²) < 4.78 is 27.9. The van der Waals surface area contributed by atoms with Crippen LogP contribution in [0.2, 0.25) is 0 Å². The van der Waals surface area contributed by atoms with Crippen molar-refractivity contribution < 1.29 is 13.9 Å². The van der Waals surface area contributed by atoms with Crippen molar-refractivity contribution in [3.63, 3.8) is 0 Å². The zero-order valence-electron chi connectivity index (χ0n) is 11.5. The fraction of sp³-hybridized carbons (Fsp3) is 0.333. The van der Waals surface area contributed by atoms with E-state index in [1.165, 1.54) is 6.07 Å². The topological polar surface area (TPSA) is 37.2 Å². The summed E-state index contributed by atoms with van der Waals surface area (Å²) in [7, 11) is 1.93. The molecule has 0 saturated heterocycles. The molecule has 1 aromatic heterocycles. The molecule has 0 aliphatic rings. The predicted molar refractivity (Wildman–Crippen MR) is 73.0 cm³/mol. The van der Waals surface area contributed by atoms with Gasteiger partial charge in [0.2, 0.25) is 0 Å². The number of aryl methyl sites for hydroxylation is 1. The van der Waals surface area contributed by atoms with E-state index in [0.29, 0.717) is 12.1 Å². The van der Waals surface area contributed by atoms with Crippen LogP contribution in [0.4, 0.5) is 8.78 Å². The number of aliphatic hydroxyl groups excluding tert-OH is 1. The van der Waals surface area contributed by atoms with Gasteiger partial charge in [-0.1, -0.05) is 6.07 Å². The molecule has 5 heteroatoms. The summed E-state index contributed by atoms with van der Waals surface area (Å²) in [6, 6.07) is 5.14. The van der Waals surface area contributed by atoms with Gasteiger partial charge < -0.3 is 15.0 Å². The molecule has 2 aromatic rings. The normalized spacial score (nSPS) is 14.2. The minimum absolute atomic E-state index is 0.278. The molecule has 2 N–H and O–H groups in total. The fourth-order valence-corrected chi connectivity index (χ4v) is 2.04. The first kappa shape index (κ1) is 14.7. The first-order valence-corrected chi connectivity index (χ1v) is 6.44. The average molecular weight is 280 g/mol. The van der Waals surface area contributed by atoms with Crippen LogP contribution >= 0.6 is 0 Å². The molecule has 0 spiro atoms. The van der Waals surface area contributed by atoms with Crippen molar-refractivity contribution in [3.8, 4) is 0 Å². The van der Waals surface area contributed by atoms with Gasteiger partial charge in [0.25, 0.3) is 0 Å². The quantitative estimate of drug-likeness (QED) is 0.883. The highest BCUT2D eigenvalue weighted by molar-refractivity contribution is 5.21. The molecule has 0 radical (unpaired) electrons. The molecule has 108 valence electrons. The Morgan fingerprint density at radius 2 is 2.00 bits per heavy atom. The van der Waals surface area contributed by atoms with Crippen LogP contribution in [0.15, 0.2) is 36.7 Å². The minimum atomic E-state index is -0.947. The molecule has 0 fully saturated rings. The molecule has 0 bridgehead atoms. The number of nitrogens with zero attached hydrogens (tertiary/aromatic N) is 1. The van der Waals surface area contributed by atoms with E-state index >= 15 is 0 Å². The molecule has 0 aliphatic carbocycles. The van der Waals surface area contributed by atoms with Crippen LogP contribution < -0.4 is 5.32 Å². The molecule has 1 heterocycles. The van der Waals surface area contributed by atoms with Gasteiger partial charge >= 0.3 is 0 Å². The highest BCUT2D eigenvalue weighted by atomic mass is 19.2. The lowest BCUT2D eigenvalue weighted by atomic mass is 10.0. The molecule has 1 aromatic carbocycles. The number of aliphatic hydroxyl groups is 1. The molecular formula is C15H18F2N2O. The summed E-state index contributed by atoms with van der Waals surface area (Å²) in [4.78, 5) is 0. The average Bonchev–Trinajstić information content (AvgIpc) is 2.84. The summed E-state index contributed by atoms with van der Waals surface area (Å²) in [5.41, 5.74) is 1.45. The monoisotopic (exact) mass is 280 g/mol. The Hall–Kier alpha value is -1.72. The molecule has 0 amide bonds. The van der Waals surface area contributed by atoms with E-state index < -0.39 is 17.7 Å². The summed E-state index contributed by atoms with van der Waals surface area (Å²) in [6.07, 6.45) is 3.02. The van der Waals surface area contributed by atoms with Crippen molar-refractivity contribution in [3.05, 3.63) is 59.4 Å². The van der Waals surface area contributed by atoms with Gasteiger partial charge in [0.05, 0.1) is 6.10 Å². The summed E-state index contributed by atoms with van der Waals surface area (Å²) in [5.74, 6) is -1.86. The van der Waals surface area contributed by atoms with Crippen LogP contribution in [0.1, 0.15) is 24.2 Å². The molecule has 0 aliphatic heterocycles. The lowest BCUT2D eigenvalue weighted by molar-refractivity contribution is 0.135. The van der Waals surface area contributed by atoms with E-state index in [-0.39, 0.29) is 6.04 Å². The van der Waals surface area contributed by atoms with Gasteiger partial charge in [-0.3, -0.25) is 0 Å². The van der Waals surface area contributed by atoms with Gasteiger partial charge in [0.15, 0.2) is 11.6 Å². The van der Waals surface area contributed by atoms with E-state index in [1.807, 2.05) is 30.1 Å². The van der Waals surface area contributed by atoms with Crippen LogP contribution in [-0.4, -0.2) is 15.7 Å². The summed E-state index contributed by atoms with van der Waals surface area (Å²) >= 11 is 0. The van der Waals surface area contributed by atoms with Crippen molar-refractivity contribution >= 4 is 0 Å². The van der Waals surface area contributed by atoms with Crippen LogP contribution in [-0.2, 0) is 13.6 Å². The number of hydrogen-bond acceptors (Lipinski definition) is 2. The second-order valence-electron chi connectivity index (χ2n) is 4.97. The van der Waals surface area contributed by atoms with Gasteiger partial charge in [-0.05, 0) is 36.2 Å². The standard InChI is InChI=1S/C15H18F2N2O/c1-10(18-8-11-5-6-19(2)9-11)15(20)12-3-4-13(16)14(17)7-12/h3-7,9-10,15,18,20H,8H2,1-2H3. The maximum absolute atomic E-state index is 13.1. The van der Waals surface area contributed by atoms with Gasteiger partial charge in [-0.2, -0.15) is 0 Å². The third-order valence-corrected chi connectivity index (χ3v) is 3.28. The van der Waals surface area contributed by atoms with E-state index in [4.69, 9.17) is 0 Å². The first-order chi connectivity index (χ1) is 9.47. The lowest BCUT2D eigenvalue weighted by Gasteiger charge is -2.20. The van der Waals surface area contributed by atoms with Crippen LogP contribution in [0.5, 0.6) is 0 Å². The Kier molecular flexibility index (Phi) is 4.52. The molecule has 2 atom stereocenters. The summed E-state index contributed by atoms with van der Waals surface area (Å²) in [6.45, 7) is 2.40. The van der Waals surface area contributed by atoms with E-state index in [9.17, 15) is 13.9 Å². The predicted octanol–water partition coefficient (Wildman–Crippen LogP) is 2.52. The molecule has 2 unspecified atom stereocenters. The molecule has 0 saturated carbocycles. The molecule has 2 rings (SSSR count). The van der Waals surface area contributed by atoms with Crippen LogP contribution in [0, 0.1) is 11.6 Å². The van der Waals surface area contributed by atoms with E-state index in [0.717, 1.165) is 17.7 Å². The third kappa shape index (κ3) is 3.43. The number of halogens is 2. The fourth-order valence-electron chi connectivity index (χ4n) is 2.04. The van der Waals surface area contributed by atoms with Crippen molar-refractivity contribution in [2.45, 2.75) is 25.6 Å². The second kappa shape index (κ2) is 6.15. The molecular weight excluding hydrogens is 262 g/mol. The van der Waals surface area contributed by atoms with Crippen molar-refractivity contribution in [1.29, 1.82) is 0 Å². The van der Waals surface area contributed by atoms with Gasteiger partial charge in [0.1, 0.15) is 0 Å². The maximum atomic E-state index is 13.1. The SMILES string of the molecule is CC(NCc1ccn(C)c1)C(O)c1ccc(F)c(F)c1. The Morgan fingerprint density at radius 3 is 2.60 bits per heavy atom. The molecule has 3 nitrogen and oxygen atoms in total. The number of nitrogens with one attached hydrogen (secondary N) is 1. The highest BCUT2D eigenvalue weighted by Crippen LogP contribution is 2.19. The minimum Gasteiger partial charge on any atom is -0.387 e. The smallest absolute Gasteiger partial charge is 0.159 e. The van der Waals surface area contributed by atoms with Gasteiger partial charge in [-0.25, -0.2) is 8.78 Å². The van der Waals surface area contributed by atoms with Crippen molar-refractivity contribution in [1.82, 2.24) is 9.88 Å². The molecule has 20 heavy (non-hydrogen) atoms.